The van der Waals surface area contributed by atoms with Crippen LogP contribution in [0.1, 0.15) is 24.5 Å². The average Bonchev–Trinajstić information content (AvgIpc) is 2.49. The Morgan fingerprint density at radius 1 is 1.23 bits per heavy atom. The van der Waals surface area contributed by atoms with E-state index in [0.717, 1.165) is 27.0 Å². The maximum atomic E-state index is 12.1. The van der Waals surface area contributed by atoms with Gasteiger partial charge in [0.05, 0.1) is 12.3 Å². The number of halogens is 1. The monoisotopic (exact) mass is 361 g/mol. The van der Waals surface area contributed by atoms with E-state index in [1.165, 1.54) is 0 Å². The Bertz CT molecular complexity index is 655. The van der Waals surface area contributed by atoms with E-state index >= 15 is 0 Å². The molecule has 3 nitrogen and oxygen atoms in total. The van der Waals surface area contributed by atoms with Gasteiger partial charge in [-0.1, -0.05) is 24.3 Å². The van der Waals surface area contributed by atoms with Crippen molar-refractivity contribution in [1.82, 2.24) is 0 Å². The van der Waals surface area contributed by atoms with Gasteiger partial charge >= 0.3 is 0 Å². The Labute approximate surface area is 139 Å². The highest BCUT2D eigenvalue weighted by Gasteiger charge is 2.08. The number of benzene rings is 2. The van der Waals surface area contributed by atoms with Crippen LogP contribution in [0.3, 0.4) is 0 Å². The van der Waals surface area contributed by atoms with Gasteiger partial charge in [-0.25, -0.2) is 0 Å². The van der Waals surface area contributed by atoms with Crippen molar-refractivity contribution in [2.45, 2.75) is 26.7 Å². The van der Waals surface area contributed by atoms with Gasteiger partial charge in [-0.3, -0.25) is 4.79 Å². The van der Waals surface area contributed by atoms with Crippen LogP contribution in [0, 0.1) is 6.92 Å². The lowest BCUT2D eigenvalue weighted by molar-refractivity contribution is -0.116. The molecule has 4 heteroatoms. The standard InChI is InChI=1S/C18H20BrNO2/c1-3-22-17-7-5-4-6-14(17)9-11-18(21)20-16-10-8-13(2)12-15(16)19/h4-8,10,12H,3,9,11H2,1-2H3,(H,20,21). The topological polar surface area (TPSA) is 38.3 Å². The van der Waals surface area contributed by atoms with Crippen LogP contribution in [0.4, 0.5) is 5.69 Å². The van der Waals surface area contributed by atoms with Crippen LogP contribution in [-0.2, 0) is 11.2 Å². The summed E-state index contributed by atoms with van der Waals surface area (Å²) < 4.78 is 6.48. The van der Waals surface area contributed by atoms with Crippen molar-refractivity contribution < 1.29 is 9.53 Å². The third-order valence-electron chi connectivity index (χ3n) is 3.29. The van der Waals surface area contributed by atoms with Gasteiger partial charge in [-0.05, 0) is 65.5 Å². The number of ether oxygens (including phenoxy) is 1. The fourth-order valence-electron chi connectivity index (χ4n) is 2.19. The zero-order valence-electron chi connectivity index (χ0n) is 12.9. The van der Waals surface area contributed by atoms with Crippen LogP contribution < -0.4 is 10.1 Å². The summed E-state index contributed by atoms with van der Waals surface area (Å²) in [6, 6.07) is 13.7. The summed E-state index contributed by atoms with van der Waals surface area (Å²) in [5.41, 5.74) is 3.01. The molecule has 0 saturated heterocycles. The van der Waals surface area contributed by atoms with Crippen LogP contribution in [-0.4, -0.2) is 12.5 Å². The largest absolute Gasteiger partial charge is 0.494 e. The van der Waals surface area contributed by atoms with E-state index in [9.17, 15) is 4.79 Å². The third kappa shape index (κ3) is 4.60. The second-order valence-electron chi connectivity index (χ2n) is 5.07. The fraction of sp³-hybridized carbons (Fsp3) is 0.278. The average molecular weight is 362 g/mol. The van der Waals surface area contributed by atoms with Gasteiger partial charge in [-0.2, -0.15) is 0 Å². The number of carbonyl (C=O) groups excluding carboxylic acids is 1. The molecular weight excluding hydrogens is 342 g/mol. The molecule has 22 heavy (non-hydrogen) atoms. The summed E-state index contributed by atoms with van der Waals surface area (Å²) >= 11 is 3.47. The molecule has 0 aliphatic rings. The Morgan fingerprint density at radius 2 is 2.00 bits per heavy atom. The van der Waals surface area contributed by atoms with Gasteiger partial charge in [-0.15, -0.1) is 0 Å². The summed E-state index contributed by atoms with van der Waals surface area (Å²) in [4.78, 5) is 12.1. The molecule has 0 spiro atoms. The summed E-state index contributed by atoms with van der Waals surface area (Å²) in [6.07, 6.45) is 1.08. The number of rotatable bonds is 6. The van der Waals surface area contributed by atoms with E-state index < -0.39 is 0 Å². The van der Waals surface area contributed by atoms with Crippen molar-refractivity contribution >= 4 is 27.5 Å². The number of carbonyl (C=O) groups is 1. The highest BCUT2D eigenvalue weighted by molar-refractivity contribution is 9.10. The zero-order chi connectivity index (χ0) is 15.9. The maximum Gasteiger partial charge on any atom is 0.224 e. The van der Waals surface area contributed by atoms with Crippen LogP contribution in [0.5, 0.6) is 5.75 Å². The van der Waals surface area contributed by atoms with Crippen molar-refractivity contribution in [3.8, 4) is 5.75 Å². The first kappa shape index (κ1) is 16.6. The molecule has 0 bridgehead atoms. The molecule has 2 rings (SSSR count). The van der Waals surface area contributed by atoms with Crippen LogP contribution in [0.15, 0.2) is 46.9 Å². The van der Waals surface area contributed by atoms with Crippen molar-refractivity contribution in [3.63, 3.8) is 0 Å². The van der Waals surface area contributed by atoms with E-state index in [0.29, 0.717) is 19.4 Å². The second-order valence-corrected chi connectivity index (χ2v) is 5.93. The molecule has 116 valence electrons. The molecule has 0 radical (unpaired) electrons. The predicted octanol–water partition coefficient (Wildman–Crippen LogP) is 4.73. The fourth-order valence-corrected chi connectivity index (χ4v) is 2.78. The summed E-state index contributed by atoms with van der Waals surface area (Å²) in [7, 11) is 0. The molecule has 0 aliphatic heterocycles. The minimum Gasteiger partial charge on any atom is -0.494 e. The number of hydrogen-bond donors (Lipinski definition) is 1. The smallest absolute Gasteiger partial charge is 0.224 e. The number of amides is 1. The van der Waals surface area contributed by atoms with Crippen molar-refractivity contribution in [2.24, 2.45) is 0 Å². The molecular formula is C18H20BrNO2. The molecule has 2 aromatic carbocycles. The van der Waals surface area contributed by atoms with E-state index in [4.69, 9.17) is 4.74 Å². The minimum absolute atomic E-state index is 0.00384. The van der Waals surface area contributed by atoms with E-state index in [-0.39, 0.29) is 5.91 Å². The number of anilines is 1. The maximum absolute atomic E-state index is 12.1. The molecule has 2 aromatic rings. The van der Waals surface area contributed by atoms with Gasteiger partial charge in [0.1, 0.15) is 5.75 Å². The van der Waals surface area contributed by atoms with Gasteiger partial charge < -0.3 is 10.1 Å². The number of aryl methyl sites for hydroxylation is 2. The van der Waals surface area contributed by atoms with E-state index in [1.807, 2.05) is 56.3 Å². The van der Waals surface area contributed by atoms with Gasteiger partial charge in [0.25, 0.3) is 0 Å². The van der Waals surface area contributed by atoms with Crippen molar-refractivity contribution in [2.75, 3.05) is 11.9 Å². The number of nitrogens with one attached hydrogen (secondary N) is 1. The lowest BCUT2D eigenvalue weighted by Gasteiger charge is -2.11. The summed E-state index contributed by atoms with van der Waals surface area (Å²) in [5, 5.41) is 2.93. The molecule has 0 aromatic heterocycles. The van der Waals surface area contributed by atoms with Crippen molar-refractivity contribution in [3.05, 3.63) is 58.1 Å². The zero-order valence-corrected chi connectivity index (χ0v) is 14.4. The molecule has 0 atom stereocenters. The molecule has 1 amide bonds. The molecule has 0 aliphatic carbocycles. The Hall–Kier alpha value is -1.81. The van der Waals surface area contributed by atoms with E-state index in [1.54, 1.807) is 0 Å². The SMILES string of the molecule is CCOc1ccccc1CCC(=O)Nc1ccc(C)cc1Br. The summed E-state index contributed by atoms with van der Waals surface area (Å²) in [6.45, 7) is 4.60. The van der Waals surface area contributed by atoms with Crippen LogP contribution in [0.25, 0.3) is 0 Å². The molecule has 0 saturated carbocycles. The Morgan fingerprint density at radius 3 is 2.73 bits per heavy atom. The van der Waals surface area contributed by atoms with Gasteiger partial charge in [0.2, 0.25) is 5.91 Å². The predicted molar refractivity (Wildman–Crippen MR) is 93.4 cm³/mol. The first-order valence-electron chi connectivity index (χ1n) is 7.37. The highest BCUT2D eigenvalue weighted by atomic mass is 79.9. The Kier molecular flexibility index (Phi) is 6.01. The van der Waals surface area contributed by atoms with Gasteiger partial charge in [0, 0.05) is 10.9 Å². The van der Waals surface area contributed by atoms with Crippen molar-refractivity contribution in [1.29, 1.82) is 0 Å². The number of para-hydroxylation sites is 1. The lowest BCUT2D eigenvalue weighted by Crippen LogP contribution is -2.13. The number of hydrogen-bond acceptors (Lipinski definition) is 2. The second kappa shape index (κ2) is 7.99. The normalized spacial score (nSPS) is 10.3. The molecule has 0 heterocycles. The quantitative estimate of drug-likeness (QED) is 0.807. The summed E-state index contributed by atoms with van der Waals surface area (Å²) in [5.74, 6) is 0.852. The highest BCUT2D eigenvalue weighted by Crippen LogP contribution is 2.24. The Balaban J connectivity index is 1.95. The van der Waals surface area contributed by atoms with Crippen LogP contribution in [0.2, 0.25) is 0 Å². The minimum atomic E-state index is -0.00384. The van der Waals surface area contributed by atoms with Crippen LogP contribution >= 0.6 is 15.9 Å². The molecule has 0 fully saturated rings. The first-order valence-corrected chi connectivity index (χ1v) is 8.16. The first-order chi connectivity index (χ1) is 10.6. The van der Waals surface area contributed by atoms with E-state index in [2.05, 4.69) is 21.2 Å². The molecule has 1 N–H and O–H groups in total. The molecule has 0 unspecified atom stereocenters. The van der Waals surface area contributed by atoms with Gasteiger partial charge in [0.15, 0.2) is 0 Å². The third-order valence-corrected chi connectivity index (χ3v) is 3.95. The lowest BCUT2D eigenvalue weighted by atomic mass is 10.1.